The number of methoxy groups -OCH3 is 1. The Kier molecular flexibility index (Phi) is 7.88. The average molecular weight is 575 g/mol. The highest BCUT2D eigenvalue weighted by atomic mass is 35.5. The van der Waals surface area contributed by atoms with Crippen molar-refractivity contribution in [1.29, 1.82) is 0 Å². The Morgan fingerprint density at radius 3 is 2.54 bits per heavy atom. The number of rotatable bonds is 8. The summed E-state index contributed by atoms with van der Waals surface area (Å²) in [5.41, 5.74) is 2.99. The van der Waals surface area contributed by atoms with Crippen molar-refractivity contribution in [2.75, 3.05) is 20.2 Å². The van der Waals surface area contributed by atoms with Crippen LogP contribution in [0.5, 0.6) is 17.2 Å². The number of phenols is 2. The van der Waals surface area contributed by atoms with Gasteiger partial charge < -0.3 is 25.6 Å². The summed E-state index contributed by atoms with van der Waals surface area (Å²) in [5, 5.41) is 34.1. The molecule has 0 saturated carbocycles. The van der Waals surface area contributed by atoms with Crippen LogP contribution >= 0.6 is 11.6 Å². The number of amides is 2. The first-order chi connectivity index (χ1) is 19.8. The van der Waals surface area contributed by atoms with Gasteiger partial charge in [-0.1, -0.05) is 29.8 Å². The molecule has 5 rings (SSSR count). The molecule has 0 aliphatic carbocycles. The van der Waals surface area contributed by atoms with Crippen molar-refractivity contribution in [3.05, 3.63) is 94.0 Å². The van der Waals surface area contributed by atoms with Crippen molar-refractivity contribution < 1.29 is 24.5 Å². The van der Waals surface area contributed by atoms with E-state index < -0.39 is 23.4 Å². The third kappa shape index (κ3) is 5.71. The second-order valence-corrected chi connectivity index (χ2v) is 9.74. The van der Waals surface area contributed by atoms with E-state index in [2.05, 4.69) is 20.8 Å². The third-order valence-corrected chi connectivity index (χ3v) is 6.87. The van der Waals surface area contributed by atoms with E-state index in [1.165, 1.54) is 18.2 Å². The van der Waals surface area contributed by atoms with Gasteiger partial charge in [0.1, 0.15) is 17.6 Å². The number of benzene rings is 3. The van der Waals surface area contributed by atoms with Gasteiger partial charge in [-0.05, 0) is 49.4 Å². The first kappa shape index (κ1) is 27.7. The van der Waals surface area contributed by atoms with Gasteiger partial charge in [0.2, 0.25) is 5.91 Å². The van der Waals surface area contributed by atoms with Crippen molar-refractivity contribution in [3.63, 3.8) is 0 Å². The lowest BCUT2D eigenvalue weighted by Crippen LogP contribution is -2.35. The number of phenolic OH excluding ortho intramolecular Hbond substituents is 2. The molecule has 41 heavy (non-hydrogen) atoms. The van der Waals surface area contributed by atoms with Gasteiger partial charge in [0.25, 0.3) is 5.91 Å². The standard InChI is InChI=1S/C29H27ClN6O5/c1-16-34-35-28-22(15-25(38)31-12-13-32-29(40)20-4-3-5-24(37)27(20)39)33-26(17-6-8-18(30)9-7-17)21-14-19(41-2)10-11-23(21)36(16)28/h3-11,14,22,37,39H,12-13,15H2,1-2H3,(H,31,38)(H,32,40). The number of aromatic nitrogens is 3. The van der Waals surface area contributed by atoms with Crippen molar-refractivity contribution in [2.24, 2.45) is 4.99 Å². The number of ether oxygens (including phenoxy) is 1. The van der Waals surface area contributed by atoms with Crippen LogP contribution in [0.3, 0.4) is 0 Å². The van der Waals surface area contributed by atoms with E-state index in [9.17, 15) is 19.8 Å². The molecule has 12 heteroatoms. The number of hydrogen-bond acceptors (Lipinski definition) is 8. The Bertz CT molecular complexity index is 1650. The maximum Gasteiger partial charge on any atom is 0.255 e. The summed E-state index contributed by atoms with van der Waals surface area (Å²) in [5.74, 6) is 0.0223. The molecule has 1 atom stereocenters. The summed E-state index contributed by atoms with van der Waals surface area (Å²) >= 11 is 6.15. The van der Waals surface area contributed by atoms with Gasteiger partial charge in [-0.3, -0.25) is 19.1 Å². The minimum Gasteiger partial charge on any atom is -0.504 e. The molecule has 1 aromatic heterocycles. The topological polar surface area (TPSA) is 151 Å². The molecule has 1 unspecified atom stereocenters. The lowest BCUT2D eigenvalue weighted by molar-refractivity contribution is -0.121. The number of fused-ring (bicyclic) bond motifs is 3. The van der Waals surface area contributed by atoms with Gasteiger partial charge in [-0.25, -0.2) is 0 Å². The first-order valence-corrected chi connectivity index (χ1v) is 13.1. The molecule has 1 aliphatic rings. The van der Waals surface area contributed by atoms with Crippen LogP contribution in [0.4, 0.5) is 0 Å². The number of aliphatic imine (C=N–C) groups is 1. The molecule has 4 N–H and O–H groups in total. The van der Waals surface area contributed by atoms with Crippen LogP contribution in [0, 0.1) is 6.92 Å². The molecule has 0 spiro atoms. The normalized spacial score (nSPS) is 13.8. The number of carbonyl (C=O) groups is 2. The summed E-state index contributed by atoms with van der Waals surface area (Å²) in [4.78, 5) is 30.4. The van der Waals surface area contributed by atoms with E-state index in [0.717, 1.165) is 16.8 Å². The molecule has 0 bridgehead atoms. The zero-order chi connectivity index (χ0) is 29.1. The highest BCUT2D eigenvalue weighted by Crippen LogP contribution is 2.34. The predicted octanol–water partition coefficient (Wildman–Crippen LogP) is 3.48. The molecular formula is C29H27ClN6O5. The fourth-order valence-electron chi connectivity index (χ4n) is 4.61. The van der Waals surface area contributed by atoms with Gasteiger partial charge >= 0.3 is 0 Å². The van der Waals surface area contributed by atoms with E-state index in [1.807, 2.05) is 41.8 Å². The van der Waals surface area contributed by atoms with Crippen molar-refractivity contribution in [2.45, 2.75) is 19.4 Å². The number of nitrogens with one attached hydrogen (secondary N) is 2. The summed E-state index contributed by atoms with van der Waals surface area (Å²) in [6, 6.07) is 16.4. The van der Waals surface area contributed by atoms with Crippen LogP contribution in [-0.2, 0) is 4.79 Å². The Morgan fingerprint density at radius 2 is 1.78 bits per heavy atom. The zero-order valence-corrected chi connectivity index (χ0v) is 23.0. The minimum atomic E-state index is -0.667. The van der Waals surface area contributed by atoms with E-state index in [0.29, 0.717) is 28.1 Å². The summed E-state index contributed by atoms with van der Waals surface area (Å²) in [6.45, 7) is 2.07. The molecule has 0 fully saturated rings. The number of aryl methyl sites for hydroxylation is 1. The van der Waals surface area contributed by atoms with Gasteiger partial charge in [-0.2, -0.15) is 0 Å². The lowest BCUT2D eigenvalue weighted by Gasteiger charge is -2.14. The monoisotopic (exact) mass is 574 g/mol. The SMILES string of the molecule is COc1ccc2c(c1)C(c1ccc(Cl)cc1)=NC(CC(=O)NCCNC(=O)c1cccc(O)c1O)c1nnc(C)n1-2. The number of hydrogen-bond donors (Lipinski definition) is 4. The van der Waals surface area contributed by atoms with Crippen LogP contribution in [0.25, 0.3) is 5.69 Å². The highest BCUT2D eigenvalue weighted by Gasteiger charge is 2.30. The van der Waals surface area contributed by atoms with E-state index in [-0.39, 0.29) is 31.0 Å². The summed E-state index contributed by atoms with van der Waals surface area (Å²) in [7, 11) is 1.59. The number of halogens is 1. The maximum absolute atomic E-state index is 13.1. The van der Waals surface area contributed by atoms with Crippen molar-refractivity contribution in [1.82, 2.24) is 25.4 Å². The number of carbonyl (C=O) groups excluding carboxylic acids is 2. The minimum absolute atomic E-state index is 0.0262. The van der Waals surface area contributed by atoms with Crippen LogP contribution in [0.2, 0.25) is 5.02 Å². The van der Waals surface area contributed by atoms with Gasteiger partial charge in [0.15, 0.2) is 17.3 Å². The van der Waals surface area contributed by atoms with Crippen LogP contribution in [0.15, 0.2) is 65.7 Å². The Balaban J connectivity index is 1.37. The molecule has 2 heterocycles. The second kappa shape index (κ2) is 11.7. The maximum atomic E-state index is 13.1. The van der Waals surface area contributed by atoms with E-state index >= 15 is 0 Å². The molecule has 11 nitrogen and oxygen atoms in total. The third-order valence-electron chi connectivity index (χ3n) is 6.62. The number of nitrogens with zero attached hydrogens (tertiary/aromatic N) is 4. The van der Waals surface area contributed by atoms with Gasteiger partial charge in [0.05, 0.1) is 30.5 Å². The largest absolute Gasteiger partial charge is 0.504 e. The fourth-order valence-corrected chi connectivity index (χ4v) is 4.74. The average Bonchev–Trinajstić information content (AvgIpc) is 3.29. The van der Waals surface area contributed by atoms with Crippen molar-refractivity contribution in [3.8, 4) is 22.9 Å². The number of para-hydroxylation sites is 1. The predicted molar refractivity (Wildman–Crippen MR) is 152 cm³/mol. The Morgan fingerprint density at radius 1 is 1.02 bits per heavy atom. The molecule has 2 amide bonds. The van der Waals surface area contributed by atoms with Gasteiger partial charge in [-0.15, -0.1) is 10.2 Å². The zero-order valence-electron chi connectivity index (χ0n) is 22.3. The molecule has 4 aromatic rings. The second-order valence-electron chi connectivity index (χ2n) is 9.31. The molecule has 0 saturated heterocycles. The van der Waals surface area contributed by atoms with E-state index in [1.54, 1.807) is 19.2 Å². The molecule has 3 aromatic carbocycles. The Labute approximate surface area is 240 Å². The quantitative estimate of drug-likeness (QED) is 0.186. The lowest BCUT2D eigenvalue weighted by atomic mass is 10.00. The summed E-state index contributed by atoms with van der Waals surface area (Å²) in [6.07, 6.45) is -0.0262. The first-order valence-electron chi connectivity index (χ1n) is 12.8. The molecular weight excluding hydrogens is 548 g/mol. The highest BCUT2D eigenvalue weighted by molar-refractivity contribution is 6.30. The van der Waals surface area contributed by atoms with Crippen LogP contribution in [-0.4, -0.2) is 62.7 Å². The van der Waals surface area contributed by atoms with Crippen LogP contribution in [0.1, 0.15) is 45.6 Å². The fraction of sp³-hybridized carbons (Fsp3) is 0.207. The molecule has 210 valence electrons. The Hall–Kier alpha value is -4.90. The van der Waals surface area contributed by atoms with Crippen molar-refractivity contribution >= 4 is 29.1 Å². The number of aromatic hydroxyl groups is 2. The summed E-state index contributed by atoms with van der Waals surface area (Å²) < 4.78 is 7.38. The molecule has 1 aliphatic heterocycles. The van der Waals surface area contributed by atoms with Crippen LogP contribution < -0.4 is 15.4 Å². The molecule has 0 radical (unpaired) electrons. The van der Waals surface area contributed by atoms with Gasteiger partial charge in [0, 0.05) is 29.2 Å². The smallest absolute Gasteiger partial charge is 0.255 e. The van der Waals surface area contributed by atoms with E-state index in [4.69, 9.17) is 21.3 Å².